The molecule has 1 N–H and O–H groups in total. The second kappa shape index (κ2) is 5.42. The maximum atomic E-state index is 9.40. The molecular weight excluding hydrogens is 260 g/mol. The summed E-state index contributed by atoms with van der Waals surface area (Å²) in [6.07, 6.45) is -1.51. The van der Waals surface area contributed by atoms with Crippen molar-refractivity contribution in [3.63, 3.8) is 0 Å². The molecule has 0 aromatic heterocycles. The average molecular weight is 280 g/mol. The van der Waals surface area contributed by atoms with Gasteiger partial charge in [-0.3, -0.25) is 0 Å². The lowest BCUT2D eigenvalue weighted by molar-refractivity contribution is -0.222. The summed E-state index contributed by atoms with van der Waals surface area (Å²) in [6, 6.07) is 9.89. The summed E-state index contributed by atoms with van der Waals surface area (Å²) in [4.78, 5) is 0. The zero-order valence-electron chi connectivity index (χ0n) is 11.7. The van der Waals surface area contributed by atoms with Crippen LogP contribution < -0.4 is 0 Å². The molecule has 0 bridgehead atoms. The van der Waals surface area contributed by atoms with Crippen molar-refractivity contribution in [3.8, 4) is 0 Å². The highest BCUT2D eigenvalue weighted by Gasteiger charge is 2.55. The summed E-state index contributed by atoms with van der Waals surface area (Å²) >= 11 is 0. The van der Waals surface area contributed by atoms with E-state index in [1.54, 1.807) is 0 Å². The Bertz CT molecular complexity index is 447. The molecule has 0 amide bonds. The molecular formula is C15H20O5. The Morgan fingerprint density at radius 3 is 2.65 bits per heavy atom. The summed E-state index contributed by atoms with van der Waals surface area (Å²) in [7, 11) is 0. The van der Waals surface area contributed by atoms with Gasteiger partial charge >= 0.3 is 0 Å². The van der Waals surface area contributed by atoms with Crippen LogP contribution in [0.15, 0.2) is 30.3 Å². The van der Waals surface area contributed by atoms with Crippen LogP contribution in [0, 0.1) is 0 Å². The van der Waals surface area contributed by atoms with Gasteiger partial charge in [-0.1, -0.05) is 30.3 Å². The molecule has 1 aromatic carbocycles. The van der Waals surface area contributed by atoms with Crippen molar-refractivity contribution >= 4 is 0 Å². The van der Waals surface area contributed by atoms with Crippen LogP contribution >= 0.6 is 0 Å². The molecule has 2 aliphatic heterocycles. The number of hydrogen-bond donors (Lipinski definition) is 1. The minimum Gasteiger partial charge on any atom is -0.394 e. The number of rotatable bonds is 4. The van der Waals surface area contributed by atoms with Gasteiger partial charge in [0.15, 0.2) is 12.1 Å². The van der Waals surface area contributed by atoms with Crippen LogP contribution in [0.4, 0.5) is 0 Å². The number of aliphatic hydroxyl groups is 1. The molecule has 2 aliphatic rings. The first-order chi connectivity index (χ1) is 9.59. The molecule has 4 unspecified atom stereocenters. The molecule has 0 radical (unpaired) electrons. The third kappa shape index (κ3) is 2.73. The first-order valence-corrected chi connectivity index (χ1v) is 6.86. The summed E-state index contributed by atoms with van der Waals surface area (Å²) in [5.74, 6) is -0.676. The molecule has 0 spiro atoms. The second-order valence-electron chi connectivity index (χ2n) is 5.59. The summed E-state index contributed by atoms with van der Waals surface area (Å²) in [5, 5.41) is 9.40. The van der Waals surface area contributed by atoms with Crippen LogP contribution in [0.1, 0.15) is 19.4 Å². The maximum Gasteiger partial charge on any atom is 0.190 e. The van der Waals surface area contributed by atoms with E-state index < -0.39 is 18.2 Å². The second-order valence-corrected chi connectivity index (χ2v) is 5.59. The predicted molar refractivity (Wildman–Crippen MR) is 70.8 cm³/mol. The molecule has 4 atom stereocenters. The fourth-order valence-corrected chi connectivity index (χ4v) is 2.66. The lowest BCUT2D eigenvalue weighted by Crippen LogP contribution is -2.38. The van der Waals surface area contributed by atoms with E-state index in [4.69, 9.17) is 18.9 Å². The zero-order chi connectivity index (χ0) is 14.2. The maximum absolute atomic E-state index is 9.40. The molecule has 2 fully saturated rings. The first-order valence-electron chi connectivity index (χ1n) is 6.86. The van der Waals surface area contributed by atoms with Gasteiger partial charge in [0, 0.05) is 0 Å². The lowest BCUT2D eigenvalue weighted by Gasteiger charge is -2.25. The molecule has 2 saturated heterocycles. The molecule has 0 aliphatic carbocycles. The van der Waals surface area contributed by atoms with E-state index in [0.29, 0.717) is 6.61 Å². The molecule has 110 valence electrons. The zero-order valence-corrected chi connectivity index (χ0v) is 11.7. The monoisotopic (exact) mass is 280 g/mol. The molecule has 5 nitrogen and oxygen atoms in total. The fraction of sp³-hybridized carbons (Fsp3) is 0.600. The summed E-state index contributed by atoms with van der Waals surface area (Å²) in [6.45, 7) is 4.03. The number of aliphatic hydroxyl groups excluding tert-OH is 1. The minimum atomic E-state index is -0.676. The van der Waals surface area contributed by atoms with E-state index in [2.05, 4.69) is 0 Å². The Hall–Kier alpha value is -0.980. The largest absolute Gasteiger partial charge is 0.394 e. The van der Waals surface area contributed by atoms with Gasteiger partial charge in [-0.05, 0) is 19.4 Å². The molecule has 5 heteroatoms. The number of hydrogen-bond acceptors (Lipinski definition) is 5. The van der Waals surface area contributed by atoms with Gasteiger partial charge in [-0.25, -0.2) is 0 Å². The van der Waals surface area contributed by atoms with Crippen LogP contribution in [0.3, 0.4) is 0 Å². The van der Waals surface area contributed by atoms with E-state index in [9.17, 15) is 5.11 Å². The molecule has 0 saturated carbocycles. The lowest BCUT2D eigenvalue weighted by atomic mass is 10.1. The van der Waals surface area contributed by atoms with Crippen LogP contribution in [-0.2, 0) is 25.6 Å². The first kappa shape index (κ1) is 14.0. The van der Waals surface area contributed by atoms with E-state index in [1.807, 2.05) is 44.2 Å². The van der Waals surface area contributed by atoms with Crippen molar-refractivity contribution in [1.29, 1.82) is 0 Å². The van der Waals surface area contributed by atoms with Crippen molar-refractivity contribution in [1.82, 2.24) is 0 Å². The van der Waals surface area contributed by atoms with Gasteiger partial charge in [0.1, 0.15) is 18.3 Å². The fourth-order valence-electron chi connectivity index (χ4n) is 2.66. The quantitative estimate of drug-likeness (QED) is 0.904. The van der Waals surface area contributed by atoms with Gasteiger partial charge < -0.3 is 24.1 Å². The summed E-state index contributed by atoms with van der Waals surface area (Å²) < 4.78 is 23.0. The van der Waals surface area contributed by atoms with Crippen LogP contribution in [-0.4, -0.2) is 42.1 Å². The third-order valence-electron chi connectivity index (χ3n) is 3.55. The van der Waals surface area contributed by atoms with Crippen molar-refractivity contribution in [2.45, 2.75) is 50.8 Å². The van der Waals surface area contributed by atoms with E-state index >= 15 is 0 Å². The molecule has 3 rings (SSSR count). The van der Waals surface area contributed by atoms with Crippen LogP contribution in [0.5, 0.6) is 0 Å². The van der Waals surface area contributed by atoms with Gasteiger partial charge in [0.2, 0.25) is 0 Å². The van der Waals surface area contributed by atoms with E-state index in [0.717, 1.165) is 5.56 Å². The van der Waals surface area contributed by atoms with Gasteiger partial charge in [-0.15, -0.1) is 0 Å². The van der Waals surface area contributed by atoms with Gasteiger partial charge in [0.05, 0.1) is 13.2 Å². The highest BCUT2D eigenvalue weighted by Crippen LogP contribution is 2.38. The number of fused-ring (bicyclic) bond motifs is 1. The van der Waals surface area contributed by atoms with Crippen molar-refractivity contribution in [2.24, 2.45) is 0 Å². The van der Waals surface area contributed by atoms with E-state index in [1.165, 1.54) is 0 Å². The molecule has 1 aromatic rings. The number of benzene rings is 1. The van der Waals surface area contributed by atoms with E-state index in [-0.39, 0.29) is 18.8 Å². The topological polar surface area (TPSA) is 57.2 Å². The Balaban J connectivity index is 1.67. The third-order valence-corrected chi connectivity index (χ3v) is 3.55. The number of ether oxygens (including phenoxy) is 4. The Morgan fingerprint density at radius 2 is 1.95 bits per heavy atom. The standard InChI is InChI=1S/C15H20O5/c1-15(2)19-13-12(11(8-16)18-14(13)20-15)17-9-10-6-4-3-5-7-10/h3-7,11-14,16H,8-9H2,1-2H3. The van der Waals surface area contributed by atoms with Crippen molar-refractivity contribution < 1.29 is 24.1 Å². The normalized spacial score (nSPS) is 35.1. The Labute approximate surface area is 118 Å². The minimum absolute atomic E-state index is 0.112. The van der Waals surface area contributed by atoms with Crippen molar-refractivity contribution in [2.75, 3.05) is 6.61 Å². The predicted octanol–water partition coefficient (Wildman–Crippen LogP) is 1.44. The molecule has 20 heavy (non-hydrogen) atoms. The SMILES string of the molecule is CC1(C)OC2OC(CO)C(OCc3ccccc3)C2O1. The molecule has 2 heterocycles. The van der Waals surface area contributed by atoms with Crippen LogP contribution in [0.2, 0.25) is 0 Å². The highest BCUT2D eigenvalue weighted by atomic mass is 16.8. The highest BCUT2D eigenvalue weighted by molar-refractivity contribution is 5.13. The van der Waals surface area contributed by atoms with Crippen LogP contribution in [0.25, 0.3) is 0 Å². The Morgan fingerprint density at radius 1 is 1.20 bits per heavy atom. The summed E-state index contributed by atoms with van der Waals surface area (Å²) in [5.41, 5.74) is 1.07. The average Bonchev–Trinajstić information content (AvgIpc) is 2.89. The Kier molecular flexibility index (Phi) is 3.79. The van der Waals surface area contributed by atoms with Gasteiger partial charge in [-0.2, -0.15) is 0 Å². The smallest absolute Gasteiger partial charge is 0.190 e. The van der Waals surface area contributed by atoms with Crippen molar-refractivity contribution in [3.05, 3.63) is 35.9 Å². The van der Waals surface area contributed by atoms with Gasteiger partial charge in [0.25, 0.3) is 0 Å².